The van der Waals surface area contributed by atoms with Gasteiger partial charge in [0.15, 0.2) is 5.82 Å². The lowest BCUT2D eigenvalue weighted by Gasteiger charge is -2.24. The highest BCUT2D eigenvalue weighted by Gasteiger charge is 2.38. The quantitative estimate of drug-likeness (QED) is 0.106. The maximum absolute atomic E-state index is 13.9. The van der Waals surface area contributed by atoms with Crippen LogP contribution in [0.3, 0.4) is 0 Å². The predicted molar refractivity (Wildman–Crippen MR) is 189 cm³/mol. The van der Waals surface area contributed by atoms with E-state index in [1.165, 1.54) is 12.1 Å². The minimum absolute atomic E-state index is 0.0428. The molecule has 6 rings (SSSR count). The predicted octanol–water partition coefficient (Wildman–Crippen LogP) is 8.70. The topological polar surface area (TPSA) is 107 Å². The SMILES string of the molecule is COc1ccc(CN(Cc2ccc(OC)cc2)c2ccc(-c3nnc(CN(C(=O)Cc4ccc(C(F)(F)F)cc4C(F)(F)F)c4ccc(F)cc4)o3)nn2)cc1. The van der Waals surface area contributed by atoms with Crippen LogP contribution in [0.1, 0.15) is 33.7 Å². The van der Waals surface area contributed by atoms with Crippen LogP contribution in [0, 0.1) is 5.82 Å². The fraction of sp³-hybridized carbons (Fsp3) is 0.205. The van der Waals surface area contributed by atoms with Crippen LogP contribution in [0.2, 0.25) is 0 Å². The molecule has 0 atom stereocenters. The zero-order valence-electron chi connectivity index (χ0n) is 29.6. The lowest BCUT2D eigenvalue weighted by Crippen LogP contribution is -2.32. The molecule has 0 unspecified atom stereocenters. The largest absolute Gasteiger partial charge is 0.497 e. The van der Waals surface area contributed by atoms with Crippen molar-refractivity contribution in [3.8, 4) is 23.1 Å². The average molecular weight is 781 g/mol. The second-order valence-corrected chi connectivity index (χ2v) is 12.3. The summed E-state index contributed by atoms with van der Waals surface area (Å²) in [6.45, 7) is 0.431. The number of anilines is 2. The van der Waals surface area contributed by atoms with Crippen molar-refractivity contribution in [2.24, 2.45) is 0 Å². The minimum atomic E-state index is -5.20. The number of hydrogen-bond acceptors (Lipinski definition) is 9. The molecule has 2 aromatic heterocycles. The first-order valence-electron chi connectivity index (χ1n) is 16.7. The second kappa shape index (κ2) is 16.5. The number of ether oxygens (including phenoxy) is 2. The van der Waals surface area contributed by atoms with Crippen molar-refractivity contribution in [1.29, 1.82) is 0 Å². The molecule has 290 valence electrons. The van der Waals surface area contributed by atoms with Gasteiger partial charge in [0.05, 0.1) is 31.8 Å². The van der Waals surface area contributed by atoms with E-state index < -0.39 is 53.7 Å². The third kappa shape index (κ3) is 9.58. The minimum Gasteiger partial charge on any atom is -0.497 e. The molecule has 0 spiro atoms. The number of methoxy groups -OCH3 is 2. The summed E-state index contributed by atoms with van der Waals surface area (Å²) in [6, 6.07) is 23.9. The summed E-state index contributed by atoms with van der Waals surface area (Å²) >= 11 is 0. The fourth-order valence-corrected chi connectivity index (χ4v) is 5.66. The molecule has 0 aliphatic heterocycles. The van der Waals surface area contributed by atoms with Gasteiger partial charge >= 0.3 is 12.4 Å². The molecule has 0 radical (unpaired) electrons. The van der Waals surface area contributed by atoms with Crippen molar-refractivity contribution in [2.75, 3.05) is 24.0 Å². The number of carbonyl (C=O) groups is 1. The molecule has 17 heteroatoms. The summed E-state index contributed by atoms with van der Waals surface area (Å²) in [6.07, 6.45) is -11.2. The zero-order valence-corrected chi connectivity index (χ0v) is 29.6. The lowest BCUT2D eigenvalue weighted by molar-refractivity contribution is -0.143. The molecule has 4 aromatic carbocycles. The third-order valence-electron chi connectivity index (χ3n) is 8.54. The van der Waals surface area contributed by atoms with E-state index >= 15 is 0 Å². The van der Waals surface area contributed by atoms with Gasteiger partial charge in [-0.15, -0.1) is 20.4 Å². The van der Waals surface area contributed by atoms with Gasteiger partial charge in [0.2, 0.25) is 11.8 Å². The standard InChI is InChI=1S/C39H31F7N6O4/c1-54-30-13-3-24(4-14-30)21-51(22-25-5-15-31(55-2)16-6-25)34-18-17-33(47-48-34)37-50-49-35(56-37)23-52(29-11-9-28(40)10-12-29)36(53)19-26-7-8-27(38(41,42)43)20-32(26)39(44,45)46/h3-18,20H,19,21-23H2,1-2H3. The molecule has 2 heterocycles. The Hall–Kier alpha value is -6.52. The summed E-state index contributed by atoms with van der Waals surface area (Å²) in [5.74, 6) is 0.0279. The molecular weight excluding hydrogens is 749 g/mol. The summed E-state index contributed by atoms with van der Waals surface area (Å²) in [7, 11) is 3.16. The summed E-state index contributed by atoms with van der Waals surface area (Å²) in [5, 5.41) is 16.7. The molecule has 6 aromatic rings. The number of hydrogen-bond donors (Lipinski definition) is 0. The van der Waals surface area contributed by atoms with E-state index in [0.717, 1.165) is 28.2 Å². The van der Waals surface area contributed by atoms with E-state index in [1.54, 1.807) is 26.4 Å². The number of amides is 1. The number of benzene rings is 4. The van der Waals surface area contributed by atoms with Crippen molar-refractivity contribution in [2.45, 2.75) is 38.4 Å². The molecule has 0 aliphatic carbocycles. The molecule has 0 aliphatic rings. The van der Waals surface area contributed by atoms with Gasteiger partial charge in [0.25, 0.3) is 5.89 Å². The van der Waals surface area contributed by atoms with Gasteiger partial charge < -0.3 is 23.7 Å². The molecule has 0 fully saturated rings. The number of alkyl halides is 6. The van der Waals surface area contributed by atoms with Crippen molar-refractivity contribution in [3.05, 3.63) is 143 Å². The van der Waals surface area contributed by atoms with Crippen LogP contribution in [0.25, 0.3) is 11.6 Å². The van der Waals surface area contributed by atoms with E-state index in [0.29, 0.717) is 42.5 Å². The lowest BCUT2D eigenvalue weighted by atomic mass is 10.00. The third-order valence-corrected chi connectivity index (χ3v) is 8.54. The molecule has 0 saturated heterocycles. The smallest absolute Gasteiger partial charge is 0.416 e. The Kier molecular flexibility index (Phi) is 11.5. The van der Waals surface area contributed by atoms with E-state index in [2.05, 4.69) is 20.4 Å². The molecular formula is C39H31F7N6O4. The van der Waals surface area contributed by atoms with Gasteiger partial charge in [-0.1, -0.05) is 30.3 Å². The number of halogens is 7. The van der Waals surface area contributed by atoms with E-state index in [4.69, 9.17) is 13.9 Å². The van der Waals surface area contributed by atoms with Gasteiger partial charge in [0.1, 0.15) is 29.6 Å². The Morgan fingerprint density at radius 1 is 0.679 bits per heavy atom. The summed E-state index contributed by atoms with van der Waals surface area (Å²) in [4.78, 5) is 16.5. The highest BCUT2D eigenvalue weighted by molar-refractivity contribution is 5.94. The van der Waals surface area contributed by atoms with Crippen molar-refractivity contribution in [1.82, 2.24) is 20.4 Å². The molecule has 0 saturated carbocycles. The van der Waals surface area contributed by atoms with Crippen LogP contribution in [0.15, 0.2) is 108 Å². The van der Waals surface area contributed by atoms with Crippen LogP contribution in [0.5, 0.6) is 11.5 Å². The molecule has 0 bridgehead atoms. The highest BCUT2D eigenvalue weighted by Crippen LogP contribution is 2.38. The van der Waals surface area contributed by atoms with Crippen LogP contribution in [-0.2, 0) is 43.2 Å². The summed E-state index contributed by atoms with van der Waals surface area (Å²) in [5.41, 5.74) is -1.67. The fourth-order valence-electron chi connectivity index (χ4n) is 5.66. The van der Waals surface area contributed by atoms with Crippen molar-refractivity contribution >= 4 is 17.4 Å². The Balaban J connectivity index is 1.24. The normalized spacial score (nSPS) is 11.7. The molecule has 56 heavy (non-hydrogen) atoms. The van der Waals surface area contributed by atoms with Crippen LogP contribution < -0.4 is 19.3 Å². The Morgan fingerprint density at radius 3 is 1.80 bits per heavy atom. The zero-order chi connectivity index (χ0) is 40.0. The number of nitrogens with zero attached hydrogens (tertiary/aromatic N) is 6. The van der Waals surface area contributed by atoms with Crippen LogP contribution in [-0.4, -0.2) is 40.5 Å². The first kappa shape index (κ1) is 39.2. The van der Waals surface area contributed by atoms with Crippen molar-refractivity contribution in [3.63, 3.8) is 0 Å². The van der Waals surface area contributed by atoms with Crippen LogP contribution in [0.4, 0.5) is 42.2 Å². The maximum atomic E-state index is 13.9. The monoisotopic (exact) mass is 780 g/mol. The Morgan fingerprint density at radius 2 is 1.29 bits per heavy atom. The number of rotatable bonds is 13. The molecule has 10 nitrogen and oxygen atoms in total. The van der Waals surface area contributed by atoms with E-state index in [1.807, 2.05) is 53.4 Å². The highest BCUT2D eigenvalue weighted by atomic mass is 19.4. The van der Waals surface area contributed by atoms with Crippen molar-refractivity contribution < 1.29 is 49.4 Å². The van der Waals surface area contributed by atoms with E-state index in [-0.39, 0.29) is 29.2 Å². The first-order chi connectivity index (χ1) is 26.7. The first-order valence-corrected chi connectivity index (χ1v) is 16.7. The summed E-state index contributed by atoms with van der Waals surface area (Å²) < 4.78 is 111. The molecule has 0 N–H and O–H groups in total. The van der Waals surface area contributed by atoms with Gasteiger partial charge in [-0.2, -0.15) is 26.3 Å². The Bertz CT molecular complexity index is 2200. The van der Waals surface area contributed by atoms with Crippen LogP contribution >= 0.6 is 0 Å². The maximum Gasteiger partial charge on any atom is 0.416 e. The molecule has 1 amide bonds. The van der Waals surface area contributed by atoms with Gasteiger partial charge in [-0.05, 0) is 89.5 Å². The average Bonchev–Trinajstić information content (AvgIpc) is 3.66. The van der Waals surface area contributed by atoms with Gasteiger partial charge in [-0.25, -0.2) is 4.39 Å². The van der Waals surface area contributed by atoms with Gasteiger partial charge in [-0.3, -0.25) is 4.79 Å². The van der Waals surface area contributed by atoms with E-state index in [9.17, 15) is 35.5 Å². The van der Waals surface area contributed by atoms with Gasteiger partial charge in [0, 0.05) is 18.8 Å². The second-order valence-electron chi connectivity index (χ2n) is 12.3. The number of aromatic nitrogens is 4. The number of carbonyl (C=O) groups excluding carboxylic acids is 1. The Labute approximate surface area is 315 Å².